The van der Waals surface area contributed by atoms with E-state index in [-0.39, 0.29) is 16.5 Å². The molecule has 28 heavy (non-hydrogen) atoms. The predicted octanol–water partition coefficient (Wildman–Crippen LogP) is 5.77. The third-order valence-electron chi connectivity index (χ3n) is 4.65. The number of hydrogen-bond acceptors (Lipinski definition) is 5. The molecule has 0 atom stereocenters. The first-order valence-electron chi connectivity index (χ1n) is 8.43. The number of aryl methyl sites for hydroxylation is 2. The van der Waals surface area contributed by atoms with Gasteiger partial charge in [-0.3, -0.25) is 0 Å². The number of fused-ring (bicyclic) bond motifs is 2. The summed E-state index contributed by atoms with van der Waals surface area (Å²) >= 11 is 7.33. The molecule has 0 unspecified atom stereocenters. The lowest BCUT2D eigenvalue weighted by Crippen LogP contribution is -2.07. The molecular weight excluding hydrogens is 403 g/mol. The largest absolute Gasteiger partial charge is 0.457 e. The topological polar surface area (TPSA) is 56.5 Å². The van der Waals surface area contributed by atoms with Crippen LogP contribution in [0.25, 0.3) is 21.1 Å². The molecule has 0 saturated carbocycles. The third kappa shape index (κ3) is 3.19. The standard InChI is InChI=1S/C21H14ClFO4S/c1-10-3-5-14-12(7-17(24)27-19(14)11(10)2)9-26-21(25)20-18(22)15-6-4-13(23)8-16(15)28-20/h3-8H,9H2,1-2H3. The Morgan fingerprint density at radius 1 is 1.18 bits per heavy atom. The maximum Gasteiger partial charge on any atom is 0.350 e. The smallest absolute Gasteiger partial charge is 0.350 e. The van der Waals surface area contributed by atoms with Gasteiger partial charge in [-0.15, -0.1) is 11.3 Å². The van der Waals surface area contributed by atoms with Crippen LogP contribution < -0.4 is 5.63 Å². The van der Waals surface area contributed by atoms with Gasteiger partial charge in [0.05, 0.1) is 5.02 Å². The van der Waals surface area contributed by atoms with Crippen molar-refractivity contribution in [3.63, 3.8) is 0 Å². The highest BCUT2D eigenvalue weighted by Gasteiger charge is 2.20. The van der Waals surface area contributed by atoms with Crippen molar-refractivity contribution in [1.82, 2.24) is 0 Å². The van der Waals surface area contributed by atoms with Gasteiger partial charge < -0.3 is 9.15 Å². The molecule has 0 N–H and O–H groups in total. The van der Waals surface area contributed by atoms with E-state index in [4.69, 9.17) is 20.8 Å². The van der Waals surface area contributed by atoms with E-state index in [0.717, 1.165) is 22.5 Å². The Balaban J connectivity index is 1.67. The Morgan fingerprint density at radius 2 is 1.93 bits per heavy atom. The van der Waals surface area contributed by atoms with Gasteiger partial charge in [0.15, 0.2) is 0 Å². The van der Waals surface area contributed by atoms with E-state index in [1.165, 1.54) is 24.3 Å². The molecule has 0 aliphatic heterocycles. The molecule has 0 aliphatic carbocycles. The average molecular weight is 417 g/mol. The zero-order chi connectivity index (χ0) is 20.0. The fourth-order valence-corrected chi connectivity index (χ4v) is 4.45. The van der Waals surface area contributed by atoms with Crippen molar-refractivity contribution in [2.75, 3.05) is 0 Å². The van der Waals surface area contributed by atoms with Crippen LogP contribution in [-0.4, -0.2) is 5.97 Å². The number of thiophene rings is 1. The number of hydrogen-bond donors (Lipinski definition) is 0. The summed E-state index contributed by atoms with van der Waals surface area (Å²) in [4.78, 5) is 24.7. The van der Waals surface area contributed by atoms with Crippen molar-refractivity contribution in [2.45, 2.75) is 20.5 Å². The maximum absolute atomic E-state index is 13.4. The molecule has 4 aromatic rings. The molecule has 2 aromatic carbocycles. The summed E-state index contributed by atoms with van der Waals surface area (Å²) in [5.41, 5.74) is 2.37. The van der Waals surface area contributed by atoms with E-state index in [1.54, 1.807) is 0 Å². The van der Waals surface area contributed by atoms with Crippen LogP contribution in [0.5, 0.6) is 0 Å². The second kappa shape index (κ2) is 7.04. The number of esters is 1. The lowest BCUT2D eigenvalue weighted by Gasteiger charge is -2.09. The van der Waals surface area contributed by atoms with Crippen LogP contribution in [0.1, 0.15) is 26.4 Å². The van der Waals surface area contributed by atoms with Crippen LogP contribution in [0.4, 0.5) is 4.39 Å². The predicted molar refractivity (Wildman–Crippen MR) is 108 cm³/mol. The van der Waals surface area contributed by atoms with Crippen molar-refractivity contribution in [3.8, 4) is 0 Å². The molecule has 4 nitrogen and oxygen atoms in total. The van der Waals surface area contributed by atoms with Gasteiger partial charge >= 0.3 is 11.6 Å². The van der Waals surface area contributed by atoms with E-state index >= 15 is 0 Å². The van der Waals surface area contributed by atoms with Crippen molar-refractivity contribution in [1.29, 1.82) is 0 Å². The van der Waals surface area contributed by atoms with E-state index in [9.17, 15) is 14.0 Å². The SMILES string of the molecule is Cc1ccc2c(COC(=O)c3sc4cc(F)ccc4c3Cl)cc(=O)oc2c1C. The molecule has 2 heterocycles. The minimum absolute atomic E-state index is 0.109. The monoisotopic (exact) mass is 416 g/mol. The third-order valence-corrected chi connectivity index (χ3v) is 6.29. The van der Waals surface area contributed by atoms with Crippen LogP contribution in [0.15, 0.2) is 45.6 Å². The van der Waals surface area contributed by atoms with Gasteiger partial charge in [0.2, 0.25) is 0 Å². The zero-order valence-corrected chi connectivity index (χ0v) is 16.5. The summed E-state index contributed by atoms with van der Waals surface area (Å²) in [6, 6.07) is 9.20. The van der Waals surface area contributed by atoms with Gasteiger partial charge in [-0.1, -0.05) is 23.7 Å². The molecule has 0 spiro atoms. The first-order chi connectivity index (χ1) is 13.3. The molecule has 142 valence electrons. The minimum Gasteiger partial charge on any atom is -0.457 e. The first kappa shape index (κ1) is 18.7. The fourth-order valence-electron chi connectivity index (χ4n) is 3.02. The van der Waals surface area contributed by atoms with E-state index in [2.05, 4.69) is 0 Å². The minimum atomic E-state index is -0.628. The highest BCUT2D eigenvalue weighted by Crippen LogP contribution is 2.36. The number of halogens is 2. The Morgan fingerprint density at radius 3 is 2.71 bits per heavy atom. The Kier molecular flexibility index (Phi) is 4.69. The molecule has 0 bridgehead atoms. The number of carbonyl (C=O) groups is 1. The number of benzene rings is 2. The zero-order valence-electron chi connectivity index (χ0n) is 15.0. The average Bonchev–Trinajstić information content (AvgIpc) is 2.98. The summed E-state index contributed by atoms with van der Waals surface area (Å²) in [6.07, 6.45) is 0. The van der Waals surface area contributed by atoms with Crippen LogP contribution in [0, 0.1) is 19.7 Å². The highest BCUT2D eigenvalue weighted by atomic mass is 35.5. The first-order valence-corrected chi connectivity index (χ1v) is 9.62. The Labute approximate surface area is 168 Å². The number of ether oxygens (including phenoxy) is 1. The van der Waals surface area contributed by atoms with Crippen LogP contribution in [-0.2, 0) is 11.3 Å². The summed E-state index contributed by atoms with van der Waals surface area (Å²) in [5.74, 6) is -1.03. The summed E-state index contributed by atoms with van der Waals surface area (Å²) in [7, 11) is 0. The lowest BCUT2D eigenvalue weighted by atomic mass is 10.0. The normalized spacial score (nSPS) is 11.3. The quantitative estimate of drug-likeness (QED) is 0.314. The van der Waals surface area contributed by atoms with E-state index in [0.29, 0.717) is 26.6 Å². The molecular formula is C21H14ClFO4S. The van der Waals surface area contributed by atoms with E-state index < -0.39 is 17.4 Å². The van der Waals surface area contributed by atoms with Crippen molar-refractivity contribution in [2.24, 2.45) is 0 Å². The summed E-state index contributed by atoms with van der Waals surface area (Å²) in [5, 5.41) is 1.53. The molecule has 7 heteroatoms. The molecule has 4 rings (SSSR count). The second-order valence-electron chi connectivity index (χ2n) is 6.44. The maximum atomic E-state index is 13.4. The van der Waals surface area contributed by atoms with Gasteiger partial charge in [0.25, 0.3) is 0 Å². The second-order valence-corrected chi connectivity index (χ2v) is 7.87. The summed E-state index contributed by atoms with van der Waals surface area (Å²) < 4.78 is 24.7. The van der Waals surface area contributed by atoms with Crippen LogP contribution in [0.3, 0.4) is 0 Å². The van der Waals surface area contributed by atoms with E-state index in [1.807, 2.05) is 26.0 Å². The molecule has 0 saturated heterocycles. The summed E-state index contributed by atoms with van der Waals surface area (Å²) in [6.45, 7) is 3.68. The van der Waals surface area contributed by atoms with Crippen molar-refractivity contribution < 1.29 is 18.3 Å². The fraction of sp³-hybridized carbons (Fsp3) is 0.143. The lowest BCUT2D eigenvalue weighted by molar-refractivity contribution is 0.0480. The number of carbonyl (C=O) groups excluding carboxylic acids is 1. The van der Waals surface area contributed by atoms with Crippen LogP contribution >= 0.6 is 22.9 Å². The molecule has 0 aliphatic rings. The Hall–Kier alpha value is -2.70. The molecule has 2 aromatic heterocycles. The number of rotatable bonds is 3. The van der Waals surface area contributed by atoms with Gasteiger partial charge in [0.1, 0.15) is 22.9 Å². The van der Waals surface area contributed by atoms with Crippen molar-refractivity contribution >= 4 is 50.0 Å². The molecule has 0 fully saturated rings. The van der Waals surface area contributed by atoms with Crippen molar-refractivity contribution in [3.05, 3.63) is 79.2 Å². The van der Waals surface area contributed by atoms with Crippen LogP contribution in [0.2, 0.25) is 5.02 Å². The Bertz CT molecular complexity index is 1310. The highest BCUT2D eigenvalue weighted by molar-refractivity contribution is 7.21. The molecule has 0 amide bonds. The van der Waals surface area contributed by atoms with Gasteiger partial charge in [-0.2, -0.15) is 0 Å². The molecule has 0 radical (unpaired) electrons. The van der Waals surface area contributed by atoms with Gasteiger partial charge in [-0.25, -0.2) is 14.0 Å². The van der Waals surface area contributed by atoms with Gasteiger partial charge in [0, 0.05) is 27.1 Å². The van der Waals surface area contributed by atoms with Gasteiger partial charge in [-0.05, 0) is 43.2 Å².